The summed E-state index contributed by atoms with van der Waals surface area (Å²) in [6.07, 6.45) is 0. The molecule has 0 spiro atoms. The van der Waals surface area contributed by atoms with Crippen LogP contribution >= 0.6 is 15.9 Å². The van der Waals surface area contributed by atoms with Gasteiger partial charge >= 0.3 is 5.97 Å². The molecule has 2 N–H and O–H groups in total. The monoisotopic (exact) mass is 302 g/mol. The molecule has 94 valence electrons. The number of piperazine rings is 1. The first-order valence-electron chi connectivity index (χ1n) is 5.58. The Morgan fingerprint density at radius 3 is 2.76 bits per heavy atom. The molecule has 0 aliphatic carbocycles. The quantitative estimate of drug-likeness (QED) is 0.872. The average molecular weight is 303 g/mol. The molecule has 1 atom stereocenters. The number of hydrogen-bond donors (Lipinski definition) is 2. The van der Waals surface area contributed by atoms with Crippen LogP contribution in [-0.4, -0.2) is 48.7 Å². The molecule has 1 unspecified atom stereocenters. The molecule has 0 amide bonds. The van der Waals surface area contributed by atoms with Gasteiger partial charge in [-0.25, -0.2) is 0 Å². The Bertz CT molecular complexity index is 388. The van der Waals surface area contributed by atoms with E-state index in [0.717, 1.165) is 26.2 Å². The summed E-state index contributed by atoms with van der Waals surface area (Å²) < 4.78 is 5.91. The van der Waals surface area contributed by atoms with Gasteiger partial charge in [-0.2, -0.15) is 0 Å². The van der Waals surface area contributed by atoms with Crippen LogP contribution in [0.5, 0.6) is 0 Å². The minimum Gasteiger partial charge on any atom is -0.481 e. The molecule has 5 nitrogen and oxygen atoms in total. The lowest BCUT2D eigenvalue weighted by atomic mass is 10.1. The number of carbonyl (C=O) groups is 1. The summed E-state index contributed by atoms with van der Waals surface area (Å²) in [5.74, 6) is -0.937. The van der Waals surface area contributed by atoms with Crippen molar-refractivity contribution in [1.82, 2.24) is 10.2 Å². The van der Waals surface area contributed by atoms with Crippen molar-refractivity contribution in [2.45, 2.75) is 5.92 Å². The number of halogens is 1. The SMILES string of the molecule is O=C(O)C(CN1CCNCC1)c1ccc(Br)o1. The van der Waals surface area contributed by atoms with E-state index in [2.05, 4.69) is 26.1 Å². The van der Waals surface area contributed by atoms with Gasteiger partial charge in [-0.05, 0) is 28.1 Å². The van der Waals surface area contributed by atoms with E-state index < -0.39 is 11.9 Å². The summed E-state index contributed by atoms with van der Waals surface area (Å²) in [6.45, 7) is 4.08. The molecular weight excluding hydrogens is 288 g/mol. The maximum Gasteiger partial charge on any atom is 0.315 e. The average Bonchev–Trinajstić information content (AvgIpc) is 2.73. The number of furan rings is 1. The minimum absolute atomic E-state index is 0.497. The molecule has 1 aliphatic rings. The van der Waals surface area contributed by atoms with Gasteiger partial charge in [0.15, 0.2) is 4.67 Å². The van der Waals surface area contributed by atoms with Crippen LogP contribution in [0.4, 0.5) is 0 Å². The van der Waals surface area contributed by atoms with E-state index in [-0.39, 0.29) is 0 Å². The Morgan fingerprint density at radius 2 is 2.24 bits per heavy atom. The zero-order chi connectivity index (χ0) is 12.3. The number of carboxylic acids is 1. The molecule has 1 saturated heterocycles. The van der Waals surface area contributed by atoms with Gasteiger partial charge in [0.2, 0.25) is 0 Å². The van der Waals surface area contributed by atoms with Gasteiger partial charge in [0, 0.05) is 32.7 Å². The summed E-state index contributed by atoms with van der Waals surface area (Å²) in [5, 5.41) is 12.5. The van der Waals surface area contributed by atoms with Gasteiger partial charge < -0.3 is 14.8 Å². The first kappa shape index (κ1) is 12.6. The van der Waals surface area contributed by atoms with Gasteiger partial charge in [0.1, 0.15) is 11.7 Å². The topological polar surface area (TPSA) is 65.7 Å². The standard InChI is InChI=1S/C11H15BrN2O3/c12-10-2-1-9(17-10)8(11(15)16)7-14-5-3-13-4-6-14/h1-2,8,13H,3-7H2,(H,15,16). The fourth-order valence-corrected chi connectivity index (χ4v) is 2.28. The molecule has 6 heteroatoms. The highest BCUT2D eigenvalue weighted by Gasteiger charge is 2.26. The lowest BCUT2D eigenvalue weighted by molar-refractivity contribution is -0.139. The third kappa shape index (κ3) is 3.31. The Morgan fingerprint density at radius 1 is 1.53 bits per heavy atom. The first-order chi connectivity index (χ1) is 8.16. The van der Waals surface area contributed by atoms with Gasteiger partial charge in [-0.3, -0.25) is 9.69 Å². The van der Waals surface area contributed by atoms with Crippen molar-refractivity contribution in [2.24, 2.45) is 0 Å². The van der Waals surface area contributed by atoms with Crippen LogP contribution in [0.3, 0.4) is 0 Å². The molecular formula is C11H15BrN2O3. The van der Waals surface area contributed by atoms with Crippen LogP contribution in [0, 0.1) is 0 Å². The van der Waals surface area contributed by atoms with Gasteiger partial charge in [0.05, 0.1) is 0 Å². The summed E-state index contributed by atoms with van der Waals surface area (Å²) in [4.78, 5) is 13.4. The minimum atomic E-state index is -0.842. The maximum absolute atomic E-state index is 11.3. The van der Waals surface area contributed by atoms with Crippen molar-refractivity contribution >= 4 is 21.9 Å². The van der Waals surface area contributed by atoms with E-state index >= 15 is 0 Å². The fourth-order valence-electron chi connectivity index (χ4n) is 1.96. The second kappa shape index (κ2) is 5.66. The zero-order valence-corrected chi connectivity index (χ0v) is 10.9. The summed E-state index contributed by atoms with van der Waals surface area (Å²) >= 11 is 3.19. The molecule has 0 bridgehead atoms. The van der Waals surface area contributed by atoms with Crippen LogP contribution in [-0.2, 0) is 4.79 Å². The fraction of sp³-hybridized carbons (Fsp3) is 0.545. The predicted octanol–water partition coefficient (Wildman–Crippen LogP) is 1.12. The lowest BCUT2D eigenvalue weighted by Crippen LogP contribution is -2.45. The number of nitrogens with zero attached hydrogens (tertiary/aromatic N) is 1. The second-order valence-corrected chi connectivity index (χ2v) is 4.86. The highest BCUT2D eigenvalue weighted by molar-refractivity contribution is 9.10. The molecule has 2 rings (SSSR count). The van der Waals surface area contributed by atoms with Gasteiger partial charge in [-0.1, -0.05) is 0 Å². The predicted molar refractivity (Wildman–Crippen MR) is 66.1 cm³/mol. The van der Waals surface area contributed by atoms with E-state index in [9.17, 15) is 9.90 Å². The Labute approximate surface area is 108 Å². The van der Waals surface area contributed by atoms with Gasteiger partial charge in [-0.15, -0.1) is 0 Å². The number of rotatable bonds is 4. The Kier molecular flexibility index (Phi) is 4.20. The van der Waals surface area contributed by atoms with Crippen molar-refractivity contribution in [2.75, 3.05) is 32.7 Å². The number of nitrogens with one attached hydrogen (secondary N) is 1. The van der Waals surface area contributed by atoms with Crippen molar-refractivity contribution in [1.29, 1.82) is 0 Å². The molecule has 0 aromatic carbocycles. The van der Waals surface area contributed by atoms with Crippen molar-refractivity contribution < 1.29 is 14.3 Å². The second-order valence-electron chi connectivity index (χ2n) is 4.08. The lowest BCUT2D eigenvalue weighted by Gasteiger charge is -2.28. The van der Waals surface area contributed by atoms with Crippen LogP contribution in [0.1, 0.15) is 11.7 Å². The molecule has 1 aromatic rings. The van der Waals surface area contributed by atoms with E-state index in [1.807, 2.05) is 0 Å². The van der Waals surface area contributed by atoms with Crippen LogP contribution in [0.25, 0.3) is 0 Å². The summed E-state index contributed by atoms with van der Waals surface area (Å²) in [5.41, 5.74) is 0. The number of carboxylic acid groups (broad SMARTS) is 1. The first-order valence-corrected chi connectivity index (χ1v) is 6.37. The van der Waals surface area contributed by atoms with Gasteiger partial charge in [0.25, 0.3) is 0 Å². The molecule has 0 radical (unpaired) electrons. The largest absolute Gasteiger partial charge is 0.481 e. The van der Waals surface area contributed by atoms with Crippen molar-refractivity contribution in [3.05, 3.63) is 22.6 Å². The number of hydrogen-bond acceptors (Lipinski definition) is 4. The number of aliphatic carboxylic acids is 1. The van der Waals surface area contributed by atoms with E-state index in [1.165, 1.54) is 0 Å². The van der Waals surface area contributed by atoms with E-state index in [0.29, 0.717) is 17.0 Å². The normalized spacial score (nSPS) is 19.1. The van der Waals surface area contributed by atoms with Crippen molar-refractivity contribution in [3.63, 3.8) is 0 Å². The van der Waals surface area contributed by atoms with Crippen molar-refractivity contribution in [3.8, 4) is 0 Å². The smallest absolute Gasteiger partial charge is 0.315 e. The van der Waals surface area contributed by atoms with Crippen LogP contribution in [0.15, 0.2) is 21.2 Å². The molecule has 2 heterocycles. The zero-order valence-electron chi connectivity index (χ0n) is 9.36. The van der Waals surface area contributed by atoms with Crippen LogP contribution in [0.2, 0.25) is 0 Å². The highest BCUT2D eigenvalue weighted by atomic mass is 79.9. The molecule has 1 aliphatic heterocycles. The van der Waals surface area contributed by atoms with Crippen LogP contribution < -0.4 is 5.32 Å². The Balaban J connectivity index is 2.04. The molecule has 17 heavy (non-hydrogen) atoms. The van der Waals surface area contributed by atoms with E-state index in [1.54, 1.807) is 12.1 Å². The third-order valence-electron chi connectivity index (χ3n) is 2.89. The summed E-state index contributed by atoms with van der Waals surface area (Å²) in [6, 6.07) is 3.44. The highest BCUT2D eigenvalue weighted by Crippen LogP contribution is 2.23. The molecule has 0 saturated carbocycles. The summed E-state index contributed by atoms with van der Waals surface area (Å²) in [7, 11) is 0. The molecule has 1 fully saturated rings. The maximum atomic E-state index is 11.3. The third-order valence-corrected chi connectivity index (χ3v) is 3.31. The molecule has 1 aromatic heterocycles. The van der Waals surface area contributed by atoms with E-state index in [4.69, 9.17) is 4.42 Å². The Hall–Kier alpha value is -0.850.